The lowest BCUT2D eigenvalue weighted by Crippen LogP contribution is -2.56. The predicted molar refractivity (Wildman–Crippen MR) is 119 cm³/mol. The Morgan fingerprint density at radius 2 is 1.82 bits per heavy atom. The molecule has 3 heterocycles. The molecule has 33 heavy (non-hydrogen) atoms. The molecule has 9 nitrogen and oxygen atoms in total. The van der Waals surface area contributed by atoms with E-state index in [4.69, 9.17) is 8.94 Å². The monoisotopic (exact) mass is 449 g/mol. The maximum Gasteiger partial charge on any atom is 0.317 e. The first-order valence-corrected chi connectivity index (χ1v) is 11.5. The molecular formula is C24H27N5O4. The lowest BCUT2D eigenvalue weighted by molar-refractivity contribution is 0.0408. The van der Waals surface area contributed by atoms with Crippen LogP contribution in [-0.4, -0.2) is 57.6 Å². The fourth-order valence-electron chi connectivity index (χ4n) is 4.55. The van der Waals surface area contributed by atoms with E-state index < -0.39 is 6.04 Å². The summed E-state index contributed by atoms with van der Waals surface area (Å²) in [6, 6.07) is 12.3. The summed E-state index contributed by atoms with van der Waals surface area (Å²) in [7, 11) is 0. The molecule has 9 heteroatoms. The van der Waals surface area contributed by atoms with Gasteiger partial charge in [0.1, 0.15) is 6.04 Å². The fraction of sp³-hybridized carbons (Fsp3) is 0.417. The van der Waals surface area contributed by atoms with E-state index in [2.05, 4.69) is 15.5 Å². The molecule has 2 fully saturated rings. The van der Waals surface area contributed by atoms with E-state index in [0.29, 0.717) is 24.8 Å². The van der Waals surface area contributed by atoms with Gasteiger partial charge in [-0.1, -0.05) is 54.8 Å². The van der Waals surface area contributed by atoms with Gasteiger partial charge >= 0.3 is 6.03 Å². The van der Waals surface area contributed by atoms with Crippen LogP contribution in [0.2, 0.25) is 0 Å². The van der Waals surface area contributed by atoms with Crippen molar-refractivity contribution in [1.82, 2.24) is 25.3 Å². The van der Waals surface area contributed by atoms with Gasteiger partial charge in [0.15, 0.2) is 5.76 Å². The molecule has 0 spiro atoms. The summed E-state index contributed by atoms with van der Waals surface area (Å²) in [5.74, 6) is 0.711. The van der Waals surface area contributed by atoms with E-state index >= 15 is 0 Å². The first kappa shape index (κ1) is 21.2. The minimum Gasteiger partial charge on any atom is -0.459 e. The number of furan rings is 1. The number of hydrogen-bond acceptors (Lipinski definition) is 6. The zero-order chi connectivity index (χ0) is 22.6. The van der Waals surface area contributed by atoms with Gasteiger partial charge in [-0.15, -0.1) is 0 Å². The third kappa shape index (κ3) is 4.62. The van der Waals surface area contributed by atoms with Crippen LogP contribution in [0.3, 0.4) is 0 Å². The van der Waals surface area contributed by atoms with Crippen LogP contribution in [0.25, 0.3) is 11.4 Å². The summed E-state index contributed by atoms with van der Waals surface area (Å²) in [5.41, 5.74) is 0.819. The van der Waals surface area contributed by atoms with E-state index in [1.807, 2.05) is 30.3 Å². The summed E-state index contributed by atoms with van der Waals surface area (Å²) >= 11 is 0. The van der Waals surface area contributed by atoms with Crippen LogP contribution in [-0.2, 0) is 0 Å². The molecule has 2 aromatic heterocycles. The average molecular weight is 450 g/mol. The van der Waals surface area contributed by atoms with Crippen molar-refractivity contribution in [3.63, 3.8) is 0 Å². The number of benzene rings is 1. The number of carbonyl (C=O) groups excluding carboxylic acids is 2. The number of aromatic nitrogens is 2. The van der Waals surface area contributed by atoms with Crippen molar-refractivity contribution in [3.8, 4) is 11.4 Å². The van der Waals surface area contributed by atoms with Crippen LogP contribution in [0.5, 0.6) is 0 Å². The van der Waals surface area contributed by atoms with E-state index in [9.17, 15) is 9.59 Å². The van der Waals surface area contributed by atoms with Gasteiger partial charge in [0.2, 0.25) is 5.82 Å². The Morgan fingerprint density at radius 3 is 2.58 bits per heavy atom. The highest BCUT2D eigenvalue weighted by molar-refractivity contribution is 5.92. The molecule has 1 unspecified atom stereocenters. The number of nitrogens with zero attached hydrogens (tertiary/aromatic N) is 4. The zero-order valence-corrected chi connectivity index (χ0v) is 18.4. The number of piperazine rings is 1. The molecule has 3 amide bonds. The molecular weight excluding hydrogens is 422 g/mol. The molecule has 1 aliphatic carbocycles. The minimum absolute atomic E-state index is 0.111. The molecule has 3 aromatic rings. The van der Waals surface area contributed by atoms with Gasteiger partial charge in [-0.25, -0.2) is 4.79 Å². The van der Waals surface area contributed by atoms with Gasteiger partial charge in [0.25, 0.3) is 11.8 Å². The van der Waals surface area contributed by atoms with E-state index in [1.54, 1.807) is 21.9 Å². The Morgan fingerprint density at radius 1 is 1.00 bits per heavy atom. The highest BCUT2D eigenvalue weighted by Crippen LogP contribution is 2.28. The topological polar surface area (TPSA) is 105 Å². The predicted octanol–water partition coefficient (Wildman–Crippen LogP) is 3.87. The molecule has 1 aromatic carbocycles. The van der Waals surface area contributed by atoms with Crippen molar-refractivity contribution >= 4 is 11.9 Å². The van der Waals surface area contributed by atoms with Gasteiger partial charge in [-0.2, -0.15) is 4.98 Å². The number of nitrogens with one attached hydrogen (secondary N) is 1. The van der Waals surface area contributed by atoms with Gasteiger partial charge < -0.3 is 24.1 Å². The van der Waals surface area contributed by atoms with Crippen LogP contribution < -0.4 is 5.32 Å². The van der Waals surface area contributed by atoms with Crippen molar-refractivity contribution in [2.75, 3.05) is 19.6 Å². The quantitative estimate of drug-likeness (QED) is 0.648. The Hall–Kier alpha value is -3.62. The van der Waals surface area contributed by atoms with E-state index in [0.717, 1.165) is 31.2 Å². The Balaban J connectivity index is 1.38. The molecule has 0 bridgehead atoms. The number of hydrogen-bond donors (Lipinski definition) is 1. The van der Waals surface area contributed by atoms with Crippen LogP contribution in [0.4, 0.5) is 4.79 Å². The van der Waals surface area contributed by atoms with Gasteiger partial charge in [-0.3, -0.25) is 4.79 Å². The molecule has 1 N–H and O–H groups in total. The molecule has 5 rings (SSSR count). The molecule has 1 aliphatic heterocycles. The first-order valence-electron chi connectivity index (χ1n) is 11.5. The third-order valence-electron chi connectivity index (χ3n) is 6.35. The maximum absolute atomic E-state index is 13.1. The second-order valence-electron chi connectivity index (χ2n) is 8.54. The molecule has 0 radical (unpaired) electrons. The lowest BCUT2D eigenvalue weighted by atomic mass is 9.96. The number of rotatable bonds is 4. The Labute approximate surface area is 191 Å². The van der Waals surface area contributed by atoms with Crippen molar-refractivity contribution < 1.29 is 18.5 Å². The second kappa shape index (κ2) is 9.48. The van der Waals surface area contributed by atoms with Gasteiger partial charge in [0, 0.05) is 24.7 Å². The molecule has 1 saturated heterocycles. The number of urea groups is 1. The number of amides is 3. The summed E-state index contributed by atoms with van der Waals surface area (Å²) in [6.45, 7) is 1.02. The molecule has 1 saturated carbocycles. The van der Waals surface area contributed by atoms with Gasteiger partial charge in [0.05, 0.1) is 12.8 Å². The normalized spacial score (nSPS) is 19.5. The summed E-state index contributed by atoms with van der Waals surface area (Å²) in [4.78, 5) is 34.1. The highest BCUT2D eigenvalue weighted by atomic mass is 16.5. The smallest absolute Gasteiger partial charge is 0.317 e. The summed E-state index contributed by atoms with van der Waals surface area (Å²) in [6.07, 6.45) is 7.00. The minimum atomic E-state index is -0.571. The second-order valence-corrected chi connectivity index (χ2v) is 8.54. The van der Waals surface area contributed by atoms with Crippen molar-refractivity contribution in [1.29, 1.82) is 0 Å². The molecule has 2 aliphatic rings. The van der Waals surface area contributed by atoms with Crippen molar-refractivity contribution in [3.05, 3.63) is 60.4 Å². The fourth-order valence-corrected chi connectivity index (χ4v) is 4.55. The largest absolute Gasteiger partial charge is 0.459 e. The summed E-state index contributed by atoms with van der Waals surface area (Å²) < 4.78 is 10.9. The highest BCUT2D eigenvalue weighted by Gasteiger charge is 2.38. The maximum atomic E-state index is 13.1. The van der Waals surface area contributed by atoms with Crippen LogP contribution >= 0.6 is 0 Å². The molecule has 1 atom stereocenters. The Kier molecular flexibility index (Phi) is 6.10. The van der Waals surface area contributed by atoms with Crippen LogP contribution in [0.15, 0.2) is 57.7 Å². The average Bonchev–Trinajstić information content (AvgIpc) is 3.57. The zero-order valence-electron chi connectivity index (χ0n) is 18.4. The lowest BCUT2D eigenvalue weighted by Gasteiger charge is -2.39. The van der Waals surface area contributed by atoms with Gasteiger partial charge in [-0.05, 0) is 25.0 Å². The van der Waals surface area contributed by atoms with Crippen LogP contribution in [0.1, 0.15) is 54.6 Å². The van der Waals surface area contributed by atoms with Crippen LogP contribution in [0, 0.1) is 0 Å². The molecule has 172 valence electrons. The summed E-state index contributed by atoms with van der Waals surface area (Å²) in [5, 5.41) is 7.28. The first-order chi connectivity index (χ1) is 16.2. The SMILES string of the molecule is O=C(NC1CCCCC1)N1CCN(C(=O)c2ccco2)C(c2nc(-c3ccccc3)no2)C1. The van der Waals surface area contributed by atoms with Crippen molar-refractivity contribution in [2.24, 2.45) is 0 Å². The third-order valence-corrected chi connectivity index (χ3v) is 6.35. The van der Waals surface area contributed by atoms with Crippen molar-refractivity contribution in [2.45, 2.75) is 44.2 Å². The standard InChI is InChI=1S/C24H27N5O4/c30-23(20-12-7-15-32-20)29-14-13-28(24(31)25-18-10-5-2-6-11-18)16-19(29)22-26-21(27-33-22)17-8-3-1-4-9-17/h1,3-4,7-9,12,15,18-19H,2,5-6,10-11,13-14,16H2,(H,25,31). The van der Waals surface area contributed by atoms with E-state index in [1.165, 1.54) is 12.7 Å². The van der Waals surface area contributed by atoms with E-state index in [-0.39, 0.29) is 30.3 Å². The Bertz CT molecular complexity index is 1080. The number of carbonyl (C=O) groups is 2.